The molecule has 18 heavy (non-hydrogen) atoms. The zero-order chi connectivity index (χ0) is 14.1. The molecule has 1 aromatic rings. The maximum atomic E-state index is 12.7. The first-order valence-electron chi connectivity index (χ1n) is 4.77. The summed E-state index contributed by atoms with van der Waals surface area (Å²) in [4.78, 5) is 10.7. The van der Waals surface area contributed by atoms with Gasteiger partial charge >= 0.3 is 6.18 Å². The standard InChI is InChI=1S/C10H11F3N2O3/c11-10(12,13)4-2-1-3-5(14)6(4)7(16)8(17)9(15)18/h1-3,7-8,16-17H,14H2,(H2,15,18). The molecule has 0 fully saturated rings. The summed E-state index contributed by atoms with van der Waals surface area (Å²) >= 11 is 0. The zero-order valence-electron chi connectivity index (χ0n) is 8.98. The molecule has 2 unspecified atom stereocenters. The number of hydrogen-bond acceptors (Lipinski definition) is 4. The zero-order valence-corrected chi connectivity index (χ0v) is 8.98. The first-order valence-corrected chi connectivity index (χ1v) is 4.77. The van der Waals surface area contributed by atoms with Crippen LogP contribution in [0.1, 0.15) is 17.2 Å². The van der Waals surface area contributed by atoms with Crippen LogP contribution in [0.4, 0.5) is 18.9 Å². The predicted octanol–water partition coefficient (Wildman–Crippen LogP) is 0.167. The van der Waals surface area contributed by atoms with Crippen LogP contribution in [0.5, 0.6) is 0 Å². The molecule has 8 heteroatoms. The third-order valence-electron chi connectivity index (χ3n) is 2.33. The number of aliphatic hydroxyl groups excluding tert-OH is 2. The van der Waals surface area contributed by atoms with Crippen molar-refractivity contribution < 1.29 is 28.2 Å². The lowest BCUT2D eigenvalue weighted by molar-refractivity contribution is -0.142. The number of carbonyl (C=O) groups is 1. The van der Waals surface area contributed by atoms with Gasteiger partial charge in [0, 0.05) is 11.3 Å². The van der Waals surface area contributed by atoms with Gasteiger partial charge in [-0.05, 0) is 12.1 Å². The Morgan fingerprint density at radius 1 is 1.28 bits per heavy atom. The van der Waals surface area contributed by atoms with Gasteiger partial charge in [-0.3, -0.25) is 4.79 Å². The molecule has 6 N–H and O–H groups in total. The van der Waals surface area contributed by atoms with E-state index in [1.165, 1.54) is 0 Å². The Balaban J connectivity index is 3.35. The summed E-state index contributed by atoms with van der Waals surface area (Å²) in [5.41, 5.74) is 7.66. The molecular formula is C10H11F3N2O3. The van der Waals surface area contributed by atoms with E-state index in [1.807, 2.05) is 0 Å². The number of anilines is 1. The summed E-state index contributed by atoms with van der Waals surface area (Å²) in [5, 5.41) is 18.8. The van der Waals surface area contributed by atoms with Gasteiger partial charge in [0.05, 0.1) is 5.56 Å². The number of rotatable bonds is 3. The maximum absolute atomic E-state index is 12.7. The fraction of sp³-hybridized carbons (Fsp3) is 0.300. The Kier molecular flexibility index (Phi) is 3.82. The van der Waals surface area contributed by atoms with Gasteiger partial charge in [-0.2, -0.15) is 13.2 Å². The predicted molar refractivity (Wildman–Crippen MR) is 56.0 cm³/mol. The first-order chi connectivity index (χ1) is 8.16. The third kappa shape index (κ3) is 2.71. The van der Waals surface area contributed by atoms with Crippen LogP contribution in [-0.2, 0) is 11.0 Å². The molecule has 5 nitrogen and oxygen atoms in total. The number of hydrogen-bond donors (Lipinski definition) is 4. The molecule has 1 aromatic carbocycles. The largest absolute Gasteiger partial charge is 0.416 e. The van der Waals surface area contributed by atoms with E-state index in [2.05, 4.69) is 0 Å². The molecule has 0 radical (unpaired) electrons. The van der Waals surface area contributed by atoms with Crippen LogP contribution in [0.25, 0.3) is 0 Å². The van der Waals surface area contributed by atoms with Gasteiger partial charge in [-0.1, -0.05) is 6.07 Å². The monoisotopic (exact) mass is 264 g/mol. The Labute approximate surface area is 99.8 Å². The Bertz CT molecular complexity index is 462. The molecular weight excluding hydrogens is 253 g/mol. The molecule has 1 rings (SSSR count). The van der Waals surface area contributed by atoms with Crippen LogP contribution >= 0.6 is 0 Å². The van der Waals surface area contributed by atoms with Gasteiger partial charge < -0.3 is 21.7 Å². The van der Waals surface area contributed by atoms with Gasteiger partial charge in [-0.25, -0.2) is 0 Å². The van der Waals surface area contributed by atoms with Gasteiger partial charge in [0.2, 0.25) is 5.91 Å². The van der Waals surface area contributed by atoms with Crippen molar-refractivity contribution in [3.05, 3.63) is 29.3 Å². The Morgan fingerprint density at radius 2 is 1.83 bits per heavy atom. The highest BCUT2D eigenvalue weighted by atomic mass is 19.4. The first kappa shape index (κ1) is 14.3. The number of nitrogens with two attached hydrogens (primary N) is 2. The molecule has 100 valence electrons. The van der Waals surface area contributed by atoms with Crippen molar-refractivity contribution in [3.8, 4) is 0 Å². The minimum absolute atomic E-state index is 0.391. The second kappa shape index (κ2) is 4.83. The average molecular weight is 264 g/mol. The smallest absolute Gasteiger partial charge is 0.398 e. The highest BCUT2D eigenvalue weighted by Crippen LogP contribution is 2.38. The number of aliphatic hydroxyl groups is 2. The van der Waals surface area contributed by atoms with Crippen LogP contribution in [0.15, 0.2) is 18.2 Å². The lowest BCUT2D eigenvalue weighted by atomic mass is 9.96. The molecule has 0 saturated carbocycles. The van der Waals surface area contributed by atoms with Gasteiger partial charge in [0.15, 0.2) is 6.10 Å². The van der Waals surface area contributed by atoms with Crippen LogP contribution < -0.4 is 11.5 Å². The number of amides is 1. The van der Waals surface area contributed by atoms with Gasteiger partial charge in [0.25, 0.3) is 0 Å². The summed E-state index contributed by atoms with van der Waals surface area (Å²) in [6, 6.07) is 2.84. The number of nitrogen functional groups attached to an aromatic ring is 1. The normalized spacial score (nSPS) is 15.2. The minimum Gasteiger partial charge on any atom is -0.398 e. The summed E-state index contributed by atoms with van der Waals surface area (Å²) in [7, 11) is 0. The molecule has 2 atom stereocenters. The van der Waals surface area contributed by atoms with E-state index in [0.29, 0.717) is 6.07 Å². The number of primary amides is 1. The summed E-state index contributed by atoms with van der Waals surface area (Å²) in [6.45, 7) is 0. The van der Waals surface area contributed by atoms with Gasteiger partial charge in [0.1, 0.15) is 6.10 Å². The van der Waals surface area contributed by atoms with Crippen molar-refractivity contribution in [1.82, 2.24) is 0 Å². The Hall–Kier alpha value is -1.80. The molecule has 0 aliphatic rings. The topological polar surface area (TPSA) is 110 Å². The number of halogens is 3. The lowest BCUT2D eigenvalue weighted by Gasteiger charge is -2.21. The molecule has 0 aliphatic heterocycles. The highest BCUT2D eigenvalue weighted by molar-refractivity contribution is 5.80. The molecule has 0 aromatic heterocycles. The van der Waals surface area contributed by atoms with Crippen LogP contribution in [0.3, 0.4) is 0 Å². The fourth-order valence-electron chi connectivity index (χ4n) is 1.47. The Morgan fingerprint density at radius 3 is 2.28 bits per heavy atom. The second-order valence-electron chi connectivity index (χ2n) is 3.60. The van der Waals surface area contributed by atoms with E-state index in [4.69, 9.17) is 11.5 Å². The molecule has 0 saturated heterocycles. The number of alkyl halides is 3. The van der Waals surface area contributed by atoms with Crippen molar-refractivity contribution in [1.29, 1.82) is 0 Å². The molecule has 0 heterocycles. The molecule has 0 bridgehead atoms. The summed E-state index contributed by atoms with van der Waals surface area (Å²) < 4.78 is 38.1. The quantitative estimate of drug-likeness (QED) is 0.583. The van der Waals surface area contributed by atoms with E-state index in [-0.39, 0.29) is 0 Å². The lowest BCUT2D eigenvalue weighted by Crippen LogP contribution is -2.35. The van der Waals surface area contributed by atoms with Crippen molar-refractivity contribution in [2.75, 3.05) is 5.73 Å². The van der Waals surface area contributed by atoms with Crippen LogP contribution in [-0.4, -0.2) is 22.2 Å². The number of carbonyl (C=O) groups excluding carboxylic acids is 1. The van der Waals surface area contributed by atoms with Crippen LogP contribution in [0.2, 0.25) is 0 Å². The SMILES string of the molecule is NC(=O)C(O)C(O)c1c(N)cccc1C(F)(F)F. The van der Waals surface area contributed by atoms with Crippen molar-refractivity contribution in [3.63, 3.8) is 0 Å². The van der Waals surface area contributed by atoms with Crippen molar-refractivity contribution in [2.45, 2.75) is 18.4 Å². The van der Waals surface area contributed by atoms with E-state index in [0.717, 1.165) is 12.1 Å². The van der Waals surface area contributed by atoms with Crippen LogP contribution in [0, 0.1) is 0 Å². The third-order valence-corrected chi connectivity index (χ3v) is 2.33. The van der Waals surface area contributed by atoms with Crippen molar-refractivity contribution in [2.24, 2.45) is 5.73 Å². The average Bonchev–Trinajstić information content (AvgIpc) is 2.25. The molecule has 1 amide bonds. The highest BCUT2D eigenvalue weighted by Gasteiger charge is 2.38. The second-order valence-corrected chi connectivity index (χ2v) is 3.60. The molecule has 0 aliphatic carbocycles. The maximum Gasteiger partial charge on any atom is 0.416 e. The summed E-state index contributed by atoms with van der Waals surface area (Å²) in [5.74, 6) is -1.35. The summed E-state index contributed by atoms with van der Waals surface area (Å²) in [6.07, 6.45) is -9.08. The van der Waals surface area contributed by atoms with E-state index in [9.17, 15) is 28.2 Å². The molecule has 0 spiro atoms. The van der Waals surface area contributed by atoms with E-state index >= 15 is 0 Å². The fourth-order valence-corrected chi connectivity index (χ4v) is 1.47. The van der Waals surface area contributed by atoms with Gasteiger partial charge in [-0.15, -0.1) is 0 Å². The number of benzene rings is 1. The van der Waals surface area contributed by atoms with E-state index < -0.39 is 41.1 Å². The minimum atomic E-state index is -4.77. The van der Waals surface area contributed by atoms with E-state index in [1.54, 1.807) is 0 Å². The van der Waals surface area contributed by atoms with Crippen molar-refractivity contribution >= 4 is 11.6 Å².